The second-order valence-electron chi connectivity index (χ2n) is 8.89. The van der Waals surface area contributed by atoms with Gasteiger partial charge in [0.25, 0.3) is 5.91 Å². The molecule has 2 aliphatic rings. The zero-order chi connectivity index (χ0) is 26.2. The number of nitrogens with zero attached hydrogens (tertiary/aromatic N) is 4. The predicted molar refractivity (Wildman–Crippen MR) is 134 cm³/mol. The van der Waals surface area contributed by atoms with Gasteiger partial charge in [0.1, 0.15) is 18.2 Å². The zero-order valence-electron chi connectivity index (χ0n) is 20.8. The molecule has 1 unspecified atom stereocenters. The van der Waals surface area contributed by atoms with Gasteiger partial charge in [0.05, 0.1) is 17.7 Å². The van der Waals surface area contributed by atoms with Crippen molar-refractivity contribution < 1.29 is 23.5 Å². The Hall–Kier alpha value is -3.71. The quantitative estimate of drug-likeness (QED) is 0.583. The number of ether oxygens (including phenoxy) is 2. The summed E-state index contributed by atoms with van der Waals surface area (Å²) in [6, 6.07) is 6.12. The number of cyclic esters (lactones) is 1. The third-order valence-electron chi connectivity index (χ3n) is 6.34. The minimum atomic E-state index is -0.563. The second-order valence-corrected chi connectivity index (χ2v) is 8.89. The molecule has 9 nitrogen and oxygen atoms in total. The monoisotopic (exact) mass is 497 g/mol. The highest BCUT2D eigenvalue weighted by Crippen LogP contribution is 2.26. The van der Waals surface area contributed by atoms with Crippen molar-refractivity contribution in [2.75, 3.05) is 37.0 Å². The van der Waals surface area contributed by atoms with Crippen LogP contribution >= 0.6 is 0 Å². The Kier molecular flexibility index (Phi) is 9.19. The number of methoxy groups -OCH3 is 1. The molecule has 1 aromatic heterocycles. The number of carbonyl (C=O) groups excluding carboxylic acids is 2. The standard InChI is InChI=1S/C24H30FN5O4.C2H2/c1-15(2)20-14-34-24(32)30(20)21-6-9-26-23(28-21)27-13-16-4-5-18(19(25)12-16)22(31)29-10-7-17(33-3)8-11-29;1-2/h4-6,9,12,15,17,20H,7-8,10-11,13-14H2,1-3H3,(H,26,27,28);1-2H. The van der Waals surface area contributed by atoms with Crippen LogP contribution in [0.5, 0.6) is 0 Å². The van der Waals surface area contributed by atoms with E-state index in [1.54, 1.807) is 30.3 Å². The molecule has 36 heavy (non-hydrogen) atoms. The molecule has 0 saturated carbocycles. The van der Waals surface area contributed by atoms with Crippen LogP contribution in [-0.2, 0) is 16.0 Å². The molecule has 2 aromatic rings. The number of benzene rings is 1. The number of halogens is 1. The van der Waals surface area contributed by atoms with Gasteiger partial charge in [-0.3, -0.25) is 9.69 Å². The van der Waals surface area contributed by atoms with Gasteiger partial charge < -0.3 is 19.7 Å². The Labute approximate surface area is 211 Å². The van der Waals surface area contributed by atoms with Gasteiger partial charge in [-0.1, -0.05) is 19.9 Å². The highest BCUT2D eigenvalue weighted by atomic mass is 19.1. The largest absolute Gasteiger partial charge is 0.447 e. The summed E-state index contributed by atoms with van der Waals surface area (Å²) in [5.41, 5.74) is 0.701. The normalized spacial score (nSPS) is 18.0. The molecule has 2 aliphatic heterocycles. The summed E-state index contributed by atoms with van der Waals surface area (Å²) >= 11 is 0. The number of terminal acetylenes is 1. The van der Waals surface area contributed by atoms with Crippen molar-refractivity contribution in [1.82, 2.24) is 14.9 Å². The van der Waals surface area contributed by atoms with Crippen molar-refractivity contribution >= 4 is 23.8 Å². The number of hydrogen-bond donors (Lipinski definition) is 1. The summed E-state index contributed by atoms with van der Waals surface area (Å²) in [5, 5.41) is 3.06. The van der Waals surface area contributed by atoms with Gasteiger partial charge in [-0.05, 0) is 42.5 Å². The molecular formula is C26H32FN5O4. The van der Waals surface area contributed by atoms with Gasteiger partial charge in [0, 0.05) is 32.9 Å². The topological polar surface area (TPSA) is 96.9 Å². The van der Waals surface area contributed by atoms with Gasteiger partial charge in [-0.2, -0.15) is 4.98 Å². The number of aromatic nitrogens is 2. The smallest absolute Gasteiger partial charge is 0.415 e. The van der Waals surface area contributed by atoms with Crippen molar-refractivity contribution in [3.05, 3.63) is 47.4 Å². The first-order valence-corrected chi connectivity index (χ1v) is 11.8. The Morgan fingerprint density at radius 3 is 2.64 bits per heavy atom. The molecule has 4 rings (SSSR count). The van der Waals surface area contributed by atoms with Crippen molar-refractivity contribution in [2.24, 2.45) is 5.92 Å². The fourth-order valence-corrected chi connectivity index (χ4v) is 4.25. The van der Waals surface area contributed by atoms with Crippen molar-refractivity contribution in [1.29, 1.82) is 0 Å². The summed E-state index contributed by atoms with van der Waals surface area (Å²) < 4.78 is 25.3. The van der Waals surface area contributed by atoms with E-state index in [-0.39, 0.29) is 36.1 Å². The molecule has 192 valence electrons. The summed E-state index contributed by atoms with van der Waals surface area (Å²) in [5.74, 6) is 0.0879. The number of anilines is 2. The molecule has 2 fully saturated rings. The molecule has 1 atom stereocenters. The summed E-state index contributed by atoms with van der Waals surface area (Å²) in [6.07, 6.45) is 10.8. The van der Waals surface area contributed by atoms with Gasteiger partial charge in [0.2, 0.25) is 5.95 Å². The number of amides is 2. The number of likely N-dealkylation sites (tertiary alicyclic amines) is 1. The van der Waals surface area contributed by atoms with E-state index >= 15 is 0 Å². The van der Waals surface area contributed by atoms with E-state index in [0.717, 1.165) is 12.8 Å². The number of piperidine rings is 1. The molecule has 3 heterocycles. The van der Waals surface area contributed by atoms with Crippen LogP contribution in [-0.4, -0.2) is 65.8 Å². The molecule has 2 amide bonds. The number of carbonyl (C=O) groups is 2. The molecule has 0 aliphatic carbocycles. The number of rotatable bonds is 7. The van der Waals surface area contributed by atoms with Gasteiger partial charge in [0.15, 0.2) is 0 Å². The zero-order valence-corrected chi connectivity index (χ0v) is 20.8. The fourth-order valence-electron chi connectivity index (χ4n) is 4.25. The molecule has 0 spiro atoms. The average Bonchev–Trinajstić information content (AvgIpc) is 3.30. The Morgan fingerprint density at radius 1 is 1.28 bits per heavy atom. The van der Waals surface area contributed by atoms with Crippen LogP contribution in [0.4, 0.5) is 21.0 Å². The SMILES string of the molecule is C#C.COC1CCN(C(=O)c2ccc(CNc3nccc(N4C(=O)OCC4C(C)C)n3)cc2F)CC1. The Balaban J connectivity index is 0.00000176. The van der Waals surface area contributed by atoms with Crippen LogP contribution in [0.25, 0.3) is 0 Å². The second kappa shape index (κ2) is 12.3. The summed E-state index contributed by atoms with van der Waals surface area (Å²) in [7, 11) is 1.67. The first-order valence-electron chi connectivity index (χ1n) is 11.8. The Bertz CT molecular complexity index is 1080. The summed E-state index contributed by atoms with van der Waals surface area (Å²) in [4.78, 5) is 36.8. The lowest BCUT2D eigenvalue weighted by Crippen LogP contribution is -2.40. The number of hydrogen-bond acceptors (Lipinski definition) is 7. The highest BCUT2D eigenvalue weighted by molar-refractivity contribution is 5.94. The maximum atomic E-state index is 14.8. The molecule has 10 heteroatoms. The van der Waals surface area contributed by atoms with Crippen LogP contribution in [0.3, 0.4) is 0 Å². The molecular weight excluding hydrogens is 465 g/mol. The Morgan fingerprint density at radius 2 is 2.00 bits per heavy atom. The van der Waals surface area contributed by atoms with Gasteiger partial charge in [-0.25, -0.2) is 14.2 Å². The lowest BCUT2D eigenvalue weighted by molar-refractivity contribution is 0.0348. The highest BCUT2D eigenvalue weighted by Gasteiger charge is 2.37. The van der Waals surface area contributed by atoms with Gasteiger partial charge in [-0.15, -0.1) is 12.8 Å². The maximum Gasteiger partial charge on any atom is 0.415 e. The summed E-state index contributed by atoms with van der Waals surface area (Å²) in [6.45, 7) is 5.71. The average molecular weight is 498 g/mol. The van der Waals surface area contributed by atoms with E-state index in [9.17, 15) is 14.0 Å². The van der Waals surface area contributed by atoms with Crippen LogP contribution in [0.15, 0.2) is 30.5 Å². The first-order chi connectivity index (χ1) is 17.4. The lowest BCUT2D eigenvalue weighted by atomic mass is 10.0. The van der Waals surface area contributed by atoms with Crippen molar-refractivity contribution in [2.45, 2.75) is 45.4 Å². The van der Waals surface area contributed by atoms with Gasteiger partial charge >= 0.3 is 6.09 Å². The van der Waals surface area contributed by atoms with Crippen LogP contribution in [0.2, 0.25) is 0 Å². The minimum absolute atomic E-state index is 0.0603. The maximum absolute atomic E-state index is 14.8. The van der Waals surface area contributed by atoms with Crippen LogP contribution in [0.1, 0.15) is 42.6 Å². The van der Waals surface area contributed by atoms with Crippen LogP contribution in [0, 0.1) is 24.6 Å². The molecule has 1 N–H and O–H groups in total. The molecule has 0 bridgehead atoms. The van der Waals surface area contributed by atoms with Crippen molar-refractivity contribution in [3.63, 3.8) is 0 Å². The number of nitrogens with one attached hydrogen (secondary N) is 1. The molecule has 2 saturated heterocycles. The predicted octanol–water partition coefficient (Wildman–Crippen LogP) is 3.71. The molecule has 0 radical (unpaired) electrons. The van der Waals surface area contributed by atoms with E-state index in [1.807, 2.05) is 13.8 Å². The third-order valence-corrected chi connectivity index (χ3v) is 6.34. The minimum Gasteiger partial charge on any atom is -0.447 e. The molecule has 1 aromatic carbocycles. The van der Waals surface area contributed by atoms with E-state index < -0.39 is 11.9 Å². The van der Waals surface area contributed by atoms with E-state index in [0.29, 0.717) is 37.0 Å². The van der Waals surface area contributed by atoms with E-state index in [2.05, 4.69) is 28.1 Å². The third kappa shape index (κ3) is 6.10. The van der Waals surface area contributed by atoms with Crippen molar-refractivity contribution in [3.8, 4) is 12.8 Å². The lowest BCUT2D eigenvalue weighted by Gasteiger charge is -2.31. The van der Waals surface area contributed by atoms with Crippen LogP contribution < -0.4 is 10.2 Å². The van der Waals surface area contributed by atoms with E-state index in [1.165, 1.54) is 17.0 Å². The fraction of sp³-hybridized carbons (Fsp3) is 0.462. The van der Waals surface area contributed by atoms with E-state index in [4.69, 9.17) is 9.47 Å². The first kappa shape index (κ1) is 26.9.